The molecule has 0 bridgehead atoms. The number of ether oxygens (including phenoxy) is 1. The SMILES string of the molecule is Cc1cn([C@H]2C[C@H](O)[C@@H](C(O)C(c3ccccc3)(c3ccccc3)c3ccccc3)O2)c(=O)n(S(C)(=O)=O)c1=O. The highest BCUT2D eigenvalue weighted by Gasteiger charge is 2.52. The smallest absolute Gasteiger partial charge is 0.347 e. The molecule has 1 aromatic heterocycles. The first-order valence-electron chi connectivity index (χ1n) is 12.8. The Morgan fingerprint density at radius 3 is 1.75 bits per heavy atom. The molecule has 208 valence electrons. The number of aromatic nitrogens is 2. The van der Waals surface area contributed by atoms with Gasteiger partial charge < -0.3 is 14.9 Å². The van der Waals surface area contributed by atoms with Crippen LogP contribution >= 0.6 is 0 Å². The first-order chi connectivity index (χ1) is 19.1. The topological polar surface area (TPSA) is 128 Å². The molecular weight excluding hydrogens is 532 g/mol. The average molecular weight is 563 g/mol. The average Bonchev–Trinajstić information content (AvgIpc) is 3.33. The maximum Gasteiger partial charge on any atom is 0.347 e. The number of benzene rings is 3. The van der Waals surface area contributed by atoms with Gasteiger partial charge in [-0.25, -0.2) is 13.2 Å². The van der Waals surface area contributed by atoms with Gasteiger partial charge in [-0.2, -0.15) is 3.97 Å². The molecule has 1 unspecified atom stereocenters. The van der Waals surface area contributed by atoms with Crippen LogP contribution in [0.1, 0.15) is 34.9 Å². The van der Waals surface area contributed by atoms with E-state index < -0.39 is 51.2 Å². The molecule has 2 N–H and O–H groups in total. The molecule has 40 heavy (non-hydrogen) atoms. The zero-order chi connectivity index (χ0) is 28.7. The van der Waals surface area contributed by atoms with Gasteiger partial charge >= 0.3 is 5.69 Å². The van der Waals surface area contributed by atoms with Crippen LogP contribution in [0.15, 0.2) is 107 Å². The van der Waals surface area contributed by atoms with Gasteiger partial charge in [0.25, 0.3) is 5.56 Å². The van der Waals surface area contributed by atoms with Gasteiger partial charge in [0.1, 0.15) is 18.4 Å². The fourth-order valence-electron chi connectivity index (χ4n) is 5.66. The van der Waals surface area contributed by atoms with E-state index >= 15 is 0 Å². The standard InChI is InChI=1S/C30H30N2O7S/c1-20-19-31(29(36)32(28(20)35)40(2,37)38)25-18-24(33)26(39-25)27(34)30(21-12-6-3-7-13-21,22-14-8-4-9-15-22)23-16-10-5-11-17-23/h3-17,19,24-27,33-34H,18H2,1-2H3/t24-,25+,26-,27?/m0/s1. The second-order valence-corrected chi connectivity index (χ2v) is 11.9. The fraction of sp³-hybridized carbons (Fsp3) is 0.267. The van der Waals surface area contributed by atoms with Gasteiger partial charge in [0, 0.05) is 18.2 Å². The summed E-state index contributed by atoms with van der Waals surface area (Å²) < 4.78 is 31.9. The van der Waals surface area contributed by atoms with Crippen molar-refractivity contribution in [1.29, 1.82) is 0 Å². The Morgan fingerprint density at radius 1 is 0.875 bits per heavy atom. The Morgan fingerprint density at radius 2 is 1.32 bits per heavy atom. The van der Waals surface area contributed by atoms with Crippen LogP contribution in [0.4, 0.5) is 0 Å². The zero-order valence-corrected chi connectivity index (χ0v) is 22.8. The van der Waals surface area contributed by atoms with Crippen molar-refractivity contribution in [2.75, 3.05) is 6.26 Å². The highest BCUT2D eigenvalue weighted by molar-refractivity contribution is 7.89. The molecule has 0 spiro atoms. The number of nitrogens with zero attached hydrogens (tertiary/aromatic N) is 2. The second kappa shape index (κ2) is 10.6. The van der Waals surface area contributed by atoms with E-state index in [2.05, 4.69) is 0 Å². The first kappa shape index (κ1) is 27.7. The van der Waals surface area contributed by atoms with Crippen LogP contribution in [0, 0.1) is 6.92 Å². The fourth-order valence-corrected chi connectivity index (χ4v) is 6.49. The number of aliphatic hydroxyl groups excluding tert-OH is 2. The number of hydrogen-bond donors (Lipinski definition) is 2. The Hall–Kier alpha value is -3.83. The second-order valence-electron chi connectivity index (χ2n) is 10.0. The van der Waals surface area contributed by atoms with Crippen LogP contribution in [0.5, 0.6) is 0 Å². The van der Waals surface area contributed by atoms with E-state index in [4.69, 9.17) is 4.74 Å². The van der Waals surface area contributed by atoms with Crippen molar-refractivity contribution in [2.24, 2.45) is 0 Å². The van der Waals surface area contributed by atoms with E-state index in [1.165, 1.54) is 13.1 Å². The molecule has 0 aliphatic carbocycles. The van der Waals surface area contributed by atoms with Crippen molar-refractivity contribution in [3.8, 4) is 0 Å². The number of aliphatic hydroxyl groups is 2. The predicted molar refractivity (Wildman–Crippen MR) is 150 cm³/mol. The van der Waals surface area contributed by atoms with Gasteiger partial charge in [-0.3, -0.25) is 9.36 Å². The third-order valence-electron chi connectivity index (χ3n) is 7.47. The highest BCUT2D eigenvalue weighted by atomic mass is 32.2. The van der Waals surface area contributed by atoms with E-state index in [1.54, 1.807) is 0 Å². The molecule has 2 heterocycles. The molecule has 4 aromatic rings. The lowest BCUT2D eigenvalue weighted by Crippen LogP contribution is -2.51. The van der Waals surface area contributed by atoms with Gasteiger partial charge in [-0.15, -0.1) is 0 Å². The zero-order valence-electron chi connectivity index (χ0n) is 22.0. The first-order valence-corrected chi connectivity index (χ1v) is 14.6. The lowest BCUT2D eigenvalue weighted by atomic mass is 9.64. The summed E-state index contributed by atoms with van der Waals surface area (Å²) in [5, 5.41) is 23.5. The minimum absolute atomic E-state index is 0.0133. The summed E-state index contributed by atoms with van der Waals surface area (Å²) in [6.45, 7) is 1.39. The molecular formula is C30H30N2O7S. The summed E-state index contributed by atoms with van der Waals surface area (Å²) in [5.74, 6) is 0. The largest absolute Gasteiger partial charge is 0.390 e. The Balaban J connectivity index is 1.66. The molecule has 9 nitrogen and oxygen atoms in total. The van der Waals surface area contributed by atoms with Crippen LogP contribution in [0.3, 0.4) is 0 Å². The predicted octanol–water partition coefficient (Wildman–Crippen LogP) is 2.17. The van der Waals surface area contributed by atoms with Crippen molar-refractivity contribution in [1.82, 2.24) is 8.54 Å². The quantitative estimate of drug-likeness (QED) is 0.331. The molecule has 1 saturated heterocycles. The maximum absolute atomic E-state index is 13.1. The highest BCUT2D eigenvalue weighted by Crippen LogP contribution is 2.46. The molecule has 3 aromatic carbocycles. The normalized spacial score (nSPS) is 20.4. The minimum Gasteiger partial charge on any atom is -0.390 e. The molecule has 1 aliphatic heterocycles. The monoisotopic (exact) mass is 562 g/mol. The minimum atomic E-state index is -4.21. The van der Waals surface area contributed by atoms with Crippen molar-refractivity contribution >= 4 is 10.0 Å². The van der Waals surface area contributed by atoms with Crippen molar-refractivity contribution in [3.05, 3.63) is 140 Å². The molecule has 1 aliphatic rings. The van der Waals surface area contributed by atoms with E-state index in [0.29, 0.717) is 0 Å². The third kappa shape index (κ3) is 4.62. The molecule has 4 atom stereocenters. The summed E-state index contributed by atoms with van der Waals surface area (Å²) in [7, 11) is -4.21. The summed E-state index contributed by atoms with van der Waals surface area (Å²) in [5.41, 5.74) is -0.940. The van der Waals surface area contributed by atoms with E-state index in [0.717, 1.165) is 27.5 Å². The van der Waals surface area contributed by atoms with Crippen LogP contribution in [-0.4, -0.2) is 51.7 Å². The number of rotatable bonds is 7. The summed E-state index contributed by atoms with van der Waals surface area (Å²) >= 11 is 0. The van der Waals surface area contributed by atoms with Crippen molar-refractivity contribution < 1.29 is 23.4 Å². The molecule has 0 amide bonds. The van der Waals surface area contributed by atoms with Gasteiger partial charge in [0.05, 0.1) is 17.8 Å². The van der Waals surface area contributed by atoms with E-state index in [-0.39, 0.29) is 16.0 Å². The van der Waals surface area contributed by atoms with Crippen LogP contribution in [0.25, 0.3) is 0 Å². The molecule has 0 radical (unpaired) electrons. The lowest BCUT2D eigenvalue weighted by molar-refractivity contribution is -0.0977. The Kier molecular flexibility index (Phi) is 7.36. The van der Waals surface area contributed by atoms with Crippen molar-refractivity contribution in [3.63, 3.8) is 0 Å². The third-order valence-corrected chi connectivity index (χ3v) is 8.46. The van der Waals surface area contributed by atoms with Gasteiger partial charge in [-0.1, -0.05) is 91.0 Å². The lowest BCUT2D eigenvalue weighted by Gasteiger charge is -2.42. The maximum atomic E-state index is 13.1. The summed E-state index contributed by atoms with van der Waals surface area (Å²) in [4.78, 5) is 25.6. The number of aryl methyl sites for hydroxylation is 1. The van der Waals surface area contributed by atoms with E-state index in [9.17, 15) is 28.2 Å². The molecule has 0 saturated carbocycles. The summed E-state index contributed by atoms with van der Waals surface area (Å²) in [6, 6.07) is 28.2. The van der Waals surface area contributed by atoms with Gasteiger partial charge in [0.15, 0.2) is 0 Å². The van der Waals surface area contributed by atoms with Crippen LogP contribution in [-0.2, 0) is 20.2 Å². The number of hydrogen-bond acceptors (Lipinski definition) is 7. The molecule has 5 rings (SSSR count). The van der Waals surface area contributed by atoms with E-state index in [1.807, 2.05) is 91.0 Å². The summed E-state index contributed by atoms with van der Waals surface area (Å²) in [6.07, 6.45) is -3.01. The molecule has 1 fully saturated rings. The Bertz CT molecular complexity index is 1620. The van der Waals surface area contributed by atoms with Crippen LogP contribution in [0.2, 0.25) is 0 Å². The van der Waals surface area contributed by atoms with Gasteiger partial charge in [-0.05, 0) is 23.6 Å². The molecule has 10 heteroatoms. The van der Waals surface area contributed by atoms with Crippen molar-refractivity contribution in [2.45, 2.75) is 43.3 Å². The van der Waals surface area contributed by atoms with Gasteiger partial charge in [0.2, 0.25) is 10.0 Å². The van der Waals surface area contributed by atoms with Crippen LogP contribution < -0.4 is 11.2 Å². The Labute approximate surface area is 231 Å².